The van der Waals surface area contributed by atoms with E-state index in [1.807, 2.05) is 26.0 Å². The Balaban J connectivity index is 1.79. The molecule has 2 aromatic rings. The van der Waals surface area contributed by atoms with Gasteiger partial charge in [0.1, 0.15) is 5.15 Å². The van der Waals surface area contributed by atoms with Crippen molar-refractivity contribution in [2.45, 2.75) is 32.7 Å². The van der Waals surface area contributed by atoms with Gasteiger partial charge in [-0.3, -0.25) is 9.59 Å². The number of rotatable bonds is 4. The lowest BCUT2D eigenvalue weighted by Crippen LogP contribution is -2.37. The maximum absolute atomic E-state index is 12.3. The molecule has 0 unspecified atom stereocenters. The van der Waals surface area contributed by atoms with Crippen molar-refractivity contribution >= 4 is 34.3 Å². The molecule has 0 spiro atoms. The molecule has 0 saturated heterocycles. The monoisotopic (exact) mass is 331 g/mol. The van der Waals surface area contributed by atoms with E-state index in [2.05, 4.69) is 15.6 Å². The minimum atomic E-state index is -0.394. The van der Waals surface area contributed by atoms with E-state index in [-0.39, 0.29) is 29.2 Å². The summed E-state index contributed by atoms with van der Waals surface area (Å²) in [7, 11) is 0. The predicted octanol–water partition coefficient (Wildman–Crippen LogP) is 2.51. The van der Waals surface area contributed by atoms with Gasteiger partial charge in [0.15, 0.2) is 0 Å². The predicted molar refractivity (Wildman–Crippen MR) is 89.7 cm³/mol. The topological polar surface area (TPSA) is 71.1 Å². The Morgan fingerprint density at radius 3 is 2.70 bits per heavy atom. The number of nitrogens with one attached hydrogen (secondary N) is 2. The van der Waals surface area contributed by atoms with Gasteiger partial charge in [0.05, 0.1) is 17.6 Å². The molecule has 1 aromatic heterocycles. The van der Waals surface area contributed by atoms with E-state index >= 15 is 0 Å². The zero-order valence-corrected chi connectivity index (χ0v) is 13.8. The van der Waals surface area contributed by atoms with E-state index in [0.717, 1.165) is 34.9 Å². The van der Waals surface area contributed by atoms with Crippen molar-refractivity contribution in [3.05, 3.63) is 40.0 Å². The second kappa shape index (κ2) is 6.16. The summed E-state index contributed by atoms with van der Waals surface area (Å²) in [6.07, 6.45) is 2.03. The average Bonchev–Trinajstić information content (AvgIpc) is 3.29. The van der Waals surface area contributed by atoms with E-state index in [1.165, 1.54) is 0 Å². The lowest BCUT2D eigenvalue weighted by atomic mass is 10.1. The third kappa shape index (κ3) is 3.62. The van der Waals surface area contributed by atoms with Gasteiger partial charge in [-0.05, 0) is 44.4 Å². The number of aromatic nitrogens is 1. The highest BCUT2D eigenvalue weighted by molar-refractivity contribution is 6.33. The summed E-state index contributed by atoms with van der Waals surface area (Å²) in [6, 6.07) is 5.98. The molecule has 5 nitrogen and oxygen atoms in total. The van der Waals surface area contributed by atoms with Crippen LogP contribution in [-0.4, -0.2) is 29.4 Å². The highest BCUT2D eigenvalue weighted by Gasteiger charge is 2.23. The Morgan fingerprint density at radius 1 is 1.26 bits per heavy atom. The van der Waals surface area contributed by atoms with Gasteiger partial charge in [0.2, 0.25) is 5.91 Å². The highest BCUT2D eigenvalue weighted by Crippen LogP contribution is 2.24. The molecular formula is C17H18ClN3O2. The minimum Gasteiger partial charge on any atom is -0.352 e. The smallest absolute Gasteiger partial charge is 0.254 e. The van der Waals surface area contributed by atoms with Crippen LogP contribution in [-0.2, 0) is 4.79 Å². The quantitative estimate of drug-likeness (QED) is 0.846. The zero-order chi connectivity index (χ0) is 16.6. The largest absolute Gasteiger partial charge is 0.352 e. The van der Waals surface area contributed by atoms with E-state index in [9.17, 15) is 9.59 Å². The first-order valence-electron chi connectivity index (χ1n) is 7.59. The molecule has 6 heteroatoms. The number of carbonyl (C=O) groups excluding carboxylic acids is 2. The third-order valence-electron chi connectivity index (χ3n) is 3.80. The Hall–Kier alpha value is -2.14. The van der Waals surface area contributed by atoms with Crippen molar-refractivity contribution < 1.29 is 9.59 Å². The summed E-state index contributed by atoms with van der Waals surface area (Å²) in [4.78, 5) is 28.2. The Bertz CT molecular complexity index is 800. The maximum atomic E-state index is 12.3. The van der Waals surface area contributed by atoms with Gasteiger partial charge in [0, 0.05) is 11.4 Å². The second-order valence-corrected chi connectivity index (χ2v) is 6.36. The molecule has 23 heavy (non-hydrogen) atoms. The summed E-state index contributed by atoms with van der Waals surface area (Å²) in [6.45, 7) is 3.89. The first-order chi connectivity index (χ1) is 10.9. The van der Waals surface area contributed by atoms with Crippen molar-refractivity contribution in [1.29, 1.82) is 0 Å². The van der Waals surface area contributed by atoms with Crippen molar-refractivity contribution in [3.8, 4) is 0 Å². The van der Waals surface area contributed by atoms with Gasteiger partial charge >= 0.3 is 0 Å². The van der Waals surface area contributed by atoms with E-state index in [1.54, 1.807) is 6.07 Å². The van der Waals surface area contributed by atoms with E-state index in [4.69, 9.17) is 11.6 Å². The van der Waals surface area contributed by atoms with Crippen molar-refractivity contribution in [1.82, 2.24) is 15.6 Å². The summed E-state index contributed by atoms with van der Waals surface area (Å²) in [5.41, 5.74) is 3.17. The standard InChI is InChI=1S/C17H18ClN3O2/c1-9-5-10(2)15-11(6-9)7-13(16(18)21-15)17(23)19-8-14(22)20-12-3-4-12/h5-7,12H,3-4,8H2,1-2H3,(H,19,23)(H,20,22). The van der Waals surface area contributed by atoms with Crippen molar-refractivity contribution in [2.75, 3.05) is 6.54 Å². The molecule has 0 radical (unpaired) electrons. The maximum Gasteiger partial charge on any atom is 0.254 e. The zero-order valence-electron chi connectivity index (χ0n) is 13.1. The summed E-state index contributed by atoms with van der Waals surface area (Å²) in [5, 5.41) is 6.41. The number of benzene rings is 1. The number of hydrogen-bond acceptors (Lipinski definition) is 3. The molecule has 0 aliphatic heterocycles. The SMILES string of the molecule is Cc1cc(C)c2nc(Cl)c(C(=O)NCC(=O)NC3CC3)cc2c1. The molecule has 3 rings (SSSR count). The molecule has 2 amide bonds. The van der Waals surface area contributed by atoms with Crippen LogP contribution in [0, 0.1) is 13.8 Å². The Labute approximate surface area is 139 Å². The molecule has 2 N–H and O–H groups in total. The number of fused-ring (bicyclic) bond motifs is 1. The van der Waals surface area contributed by atoms with Crippen LogP contribution in [0.5, 0.6) is 0 Å². The van der Waals surface area contributed by atoms with Crippen LogP contribution in [0.1, 0.15) is 34.3 Å². The Kier molecular flexibility index (Phi) is 4.22. The fraction of sp³-hybridized carbons (Fsp3) is 0.353. The molecule has 120 valence electrons. The molecule has 0 atom stereocenters. The van der Waals surface area contributed by atoms with Crippen LogP contribution >= 0.6 is 11.6 Å². The number of aryl methyl sites for hydroxylation is 2. The number of nitrogens with zero attached hydrogens (tertiary/aromatic N) is 1. The van der Waals surface area contributed by atoms with Crippen LogP contribution in [0.2, 0.25) is 5.15 Å². The third-order valence-corrected chi connectivity index (χ3v) is 4.09. The molecule has 1 saturated carbocycles. The molecule has 1 aromatic carbocycles. The van der Waals surface area contributed by atoms with Gasteiger partial charge < -0.3 is 10.6 Å². The molecule has 1 aliphatic carbocycles. The Morgan fingerprint density at radius 2 is 2.00 bits per heavy atom. The van der Waals surface area contributed by atoms with Crippen molar-refractivity contribution in [2.24, 2.45) is 0 Å². The van der Waals surface area contributed by atoms with Gasteiger partial charge in [-0.1, -0.05) is 23.2 Å². The second-order valence-electron chi connectivity index (χ2n) is 6.00. The van der Waals surface area contributed by atoms with E-state index < -0.39 is 5.91 Å². The van der Waals surface area contributed by atoms with Crippen molar-refractivity contribution in [3.63, 3.8) is 0 Å². The summed E-state index contributed by atoms with van der Waals surface area (Å²) >= 11 is 6.15. The van der Waals surface area contributed by atoms with Gasteiger partial charge in [0.25, 0.3) is 5.91 Å². The molecule has 1 heterocycles. The molecule has 0 bridgehead atoms. The van der Waals surface area contributed by atoms with Crippen LogP contribution in [0.4, 0.5) is 0 Å². The first-order valence-corrected chi connectivity index (χ1v) is 7.97. The number of hydrogen-bond donors (Lipinski definition) is 2. The normalized spacial score (nSPS) is 13.9. The number of carbonyl (C=O) groups is 2. The molecule has 1 aliphatic rings. The number of amides is 2. The van der Waals surface area contributed by atoms with Crippen LogP contribution < -0.4 is 10.6 Å². The molecule has 1 fully saturated rings. The minimum absolute atomic E-state index is 0.0590. The van der Waals surface area contributed by atoms with Gasteiger partial charge in [-0.25, -0.2) is 4.98 Å². The van der Waals surface area contributed by atoms with E-state index in [0.29, 0.717) is 0 Å². The van der Waals surface area contributed by atoms with Crippen LogP contribution in [0.15, 0.2) is 18.2 Å². The first kappa shape index (κ1) is 15.7. The fourth-order valence-corrected chi connectivity index (χ4v) is 2.78. The number of halogens is 1. The van der Waals surface area contributed by atoms with Gasteiger partial charge in [-0.2, -0.15) is 0 Å². The fourth-order valence-electron chi connectivity index (χ4n) is 2.55. The molecular weight excluding hydrogens is 314 g/mol. The van der Waals surface area contributed by atoms with Crippen LogP contribution in [0.25, 0.3) is 10.9 Å². The van der Waals surface area contributed by atoms with Crippen LogP contribution in [0.3, 0.4) is 0 Å². The highest BCUT2D eigenvalue weighted by atomic mass is 35.5. The lowest BCUT2D eigenvalue weighted by Gasteiger charge is -2.10. The average molecular weight is 332 g/mol. The summed E-state index contributed by atoms with van der Waals surface area (Å²) < 4.78 is 0. The lowest BCUT2D eigenvalue weighted by molar-refractivity contribution is -0.120. The van der Waals surface area contributed by atoms with Gasteiger partial charge in [-0.15, -0.1) is 0 Å². The summed E-state index contributed by atoms with van der Waals surface area (Å²) in [5.74, 6) is -0.577. The number of pyridine rings is 1.